The summed E-state index contributed by atoms with van der Waals surface area (Å²) in [5.74, 6) is -0.983. The Morgan fingerprint density at radius 2 is 1.81 bits per heavy atom. The Kier molecular flexibility index (Phi) is 7.63. The molecule has 0 amide bonds. The summed E-state index contributed by atoms with van der Waals surface area (Å²) in [6, 6.07) is 14.9. The highest BCUT2D eigenvalue weighted by molar-refractivity contribution is 5.38. The van der Waals surface area contributed by atoms with Gasteiger partial charge in [-0.3, -0.25) is 0 Å². The van der Waals surface area contributed by atoms with Gasteiger partial charge in [-0.1, -0.05) is 43.0 Å². The molecule has 0 aliphatic carbocycles. The zero-order valence-corrected chi connectivity index (χ0v) is 21.4. The summed E-state index contributed by atoms with van der Waals surface area (Å²) >= 11 is 0. The van der Waals surface area contributed by atoms with Crippen LogP contribution < -0.4 is 0 Å². The molecule has 0 saturated carbocycles. The van der Waals surface area contributed by atoms with E-state index in [0.717, 1.165) is 79.8 Å². The second-order valence-electron chi connectivity index (χ2n) is 10.1. The van der Waals surface area contributed by atoms with Gasteiger partial charge in [0.25, 0.3) is 0 Å². The maximum atomic E-state index is 13.6. The first-order valence-corrected chi connectivity index (χ1v) is 13.0. The molecule has 0 N–H and O–H groups in total. The fourth-order valence-corrected chi connectivity index (χ4v) is 5.75. The molecule has 0 bridgehead atoms. The predicted octanol–water partition coefficient (Wildman–Crippen LogP) is 5.29. The number of aromatic nitrogens is 2. The van der Waals surface area contributed by atoms with Crippen LogP contribution in [0.25, 0.3) is 0 Å². The SMILES string of the molecule is C=C(C(c1ccccc1)c1ccc(F)nc1)N(C)CCCN1CCC2(CC1)OCCc1cc(F)ncc12. The zero-order chi connectivity index (χ0) is 25.8. The molecular formula is C30H34F2N4O. The summed E-state index contributed by atoms with van der Waals surface area (Å²) in [6.45, 7) is 8.78. The highest BCUT2D eigenvalue weighted by atomic mass is 19.1. The van der Waals surface area contributed by atoms with Crippen LogP contribution in [-0.4, -0.2) is 59.6 Å². The van der Waals surface area contributed by atoms with Crippen molar-refractivity contribution in [3.8, 4) is 0 Å². The molecule has 37 heavy (non-hydrogen) atoms. The molecular weight excluding hydrogens is 470 g/mol. The second-order valence-corrected chi connectivity index (χ2v) is 10.1. The molecule has 2 aliphatic heterocycles. The van der Waals surface area contributed by atoms with Gasteiger partial charge in [0.05, 0.1) is 12.2 Å². The van der Waals surface area contributed by atoms with E-state index in [2.05, 4.69) is 45.5 Å². The number of hydrogen-bond donors (Lipinski definition) is 0. The van der Waals surface area contributed by atoms with E-state index in [1.807, 2.05) is 18.2 Å². The maximum Gasteiger partial charge on any atom is 0.213 e. The van der Waals surface area contributed by atoms with E-state index in [1.54, 1.807) is 24.5 Å². The summed E-state index contributed by atoms with van der Waals surface area (Å²) in [6.07, 6.45) is 6.81. The van der Waals surface area contributed by atoms with Gasteiger partial charge in [-0.05, 0) is 61.1 Å². The highest BCUT2D eigenvalue weighted by Crippen LogP contribution is 2.41. The van der Waals surface area contributed by atoms with Crippen molar-refractivity contribution in [1.82, 2.24) is 19.8 Å². The van der Waals surface area contributed by atoms with Crippen LogP contribution in [0.1, 0.15) is 47.4 Å². The third-order valence-corrected chi connectivity index (χ3v) is 7.87. The van der Waals surface area contributed by atoms with Crippen molar-refractivity contribution in [3.05, 3.63) is 107 Å². The first-order valence-electron chi connectivity index (χ1n) is 13.0. The lowest BCUT2D eigenvalue weighted by Gasteiger charge is -2.45. The van der Waals surface area contributed by atoms with Crippen molar-refractivity contribution in [2.75, 3.05) is 39.8 Å². The first-order chi connectivity index (χ1) is 17.9. The van der Waals surface area contributed by atoms with Crippen molar-refractivity contribution >= 4 is 0 Å². The number of rotatable bonds is 8. The number of pyridine rings is 2. The van der Waals surface area contributed by atoms with Gasteiger partial charge in [0.1, 0.15) is 0 Å². The Bertz CT molecular complexity index is 1210. The Morgan fingerprint density at radius 1 is 1.05 bits per heavy atom. The Hall–Kier alpha value is -3.16. The molecule has 2 aromatic heterocycles. The van der Waals surface area contributed by atoms with E-state index < -0.39 is 11.9 Å². The molecule has 0 radical (unpaired) electrons. The van der Waals surface area contributed by atoms with E-state index in [1.165, 1.54) is 6.07 Å². The quantitative estimate of drug-likeness (QED) is 0.390. The molecule has 7 heteroatoms. The molecule has 3 aromatic rings. The van der Waals surface area contributed by atoms with Crippen molar-refractivity contribution in [2.24, 2.45) is 0 Å². The minimum Gasteiger partial charge on any atom is -0.378 e. The van der Waals surface area contributed by atoms with Gasteiger partial charge in [0, 0.05) is 56.3 Å². The van der Waals surface area contributed by atoms with Gasteiger partial charge in [-0.15, -0.1) is 0 Å². The third-order valence-electron chi connectivity index (χ3n) is 7.87. The third kappa shape index (κ3) is 5.58. The largest absolute Gasteiger partial charge is 0.378 e. The van der Waals surface area contributed by atoms with Crippen LogP contribution in [0.15, 0.2) is 73.2 Å². The van der Waals surface area contributed by atoms with Crippen LogP contribution in [0, 0.1) is 11.9 Å². The van der Waals surface area contributed by atoms with Gasteiger partial charge < -0.3 is 14.5 Å². The number of hydrogen-bond acceptors (Lipinski definition) is 5. The Balaban J connectivity index is 1.17. The normalized spacial score (nSPS) is 17.8. The molecule has 5 nitrogen and oxygen atoms in total. The van der Waals surface area contributed by atoms with Crippen molar-refractivity contribution in [1.29, 1.82) is 0 Å². The lowest BCUT2D eigenvalue weighted by atomic mass is 9.80. The number of nitrogens with zero attached hydrogens (tertiary/aromatic N) is 4. The molecule has 1 saturated heterocycles. The van der Waals surface area contributed by atoms with Gasteiger partial charge in [-0.2, -0.15) is 8.78 Å². The van der Waals surface area contributed by atoms with Gasteiger partial charge in [0.15, 0.2) is 0 Å². The predicted molar refractivity (Wildman–Crippen MR) is 140 cm³/mol. The summed E-state index contributed by atoms with van der Waals surface area (Å²) < 4.78 is 33.4. The monoisotopic (exact) mass is 504 g/mol. The summed E-state index contributed by atoms with van der Waals surface area (Å²) in [4.78, 5) is 12.5. The second kappa shape index (κ2) is 11.1. The Morgan fingerprint density at radius 3 is 2.54 bits per heavy atom. The average molecular weight is 505 g/mol. The van der Waals surface area contributed by atoms with Crippen LogP contribution in [0.4, 0.5) is 8.78 Å². The van der Waals surface area contributed by atoms with E-state index in [9.17, 15) is 8.78 Å². The number of halogens is 2. The lowest BCUT2D eigenvalue weighted by Crippen LogP contribution is -2.47. The van der Waals surface area contributed by atoms with Gasteiger partial charge in [-0.25, -0.2) is 9.97 Å². The average Bonchev–Trinajstić information content (AvgIpc) is 2.91. The van der Waals surface area contributed by atoms with Crippen molar-refractivity contribution < 1.29 is 13.5 Å². The van der Waals surface area contributed by atoms with E-state index >= 15 is 0 Å². The number of piperidine rings is 1. The fraction of sp³-hybridized carbons (Fsp3) is 0.400. The minimum atomic E-state index is -0.483. The topological polar surface area (TPSA) is 41.5 Å². The number of fused-ring (bicyclic) bond motifs is 2. The minimum absolute atomic E-state index is 0.0869. The van der Waals surface area contributed by atoms with E-state index in [-0.39, 0.29) is 11.5 Å². The summed E-state index contributed by atoms with van der Waals surface area (Å²) in [7, 11) is 2.07. The number of benzene rings is 1. The van der Waals surface area contributed by atoms with Crippen molar-refractivity contribution in [3.63, 3.8) is 0 Å². The van der Waals surface area contributed by atoms with Crippen LogP contribution in [0.3, 0.4) is 0 Å². The van der Waals surface area contributed by atoms with Crippen LogP contribution in [0.2, 0.25) is 0 Å². The molecule has 1 unspecified atom stereocenters. The van der Waals surface area contributed by atoms with Crippen LogP contribution in [0.5, 0.6) is 0 Å². The van der Waals surface area contributed by atoms with E-state index in [0.29, 0.717) is 6.61 Å². The fourth-order valence-electron chi connectivity index (χ4n) is 5.75. The summed E-state index contributed by atoms with van der Waals surface area (Å²) in [5.41, 5.74) is 4.77. The van der Waals surface area contributed by atoms with Crippen LogP contribution in [-0.2, 0) is 16.8 Å². The number of likely N-dealkylation sites (tertiary alicyclic amines) is 1. The lowest BCUT2D eigenvalue weighted by molar-refractivity contribution is -0.0983. The number of ether oxygens (including phenoxy) is 1. The number of allylic oxidation sites excluding steroid dienone is 1. The molecule has 1 spiro atoms. The molecule has 1 fully saturated rings. The summed E-state index contributed by atoms with van der Waals surface area (Å²) in [5, 5.41) is 0. The first kappa shape index (κ1) is 25.5. The van der Waals surface area contributed by atoms with Crippen molar-refractivity contribution in [2.45, 2.75) is 37.2 Å². The van der Waals surface area contributed by atoms with Gasteiger partial charge in [0.2, 0.25) is 11.9 Å². The maximum absolute atomic E-state index is 13.6. The molecule has 1 atom stereocenters. The molecule has 5 rings (SSSR count). The van der Waals surface area contributed by atoms with E-state index in [4.69, 9.17) is 4.74 Å². The van der Waals surface area contributed by atoms with Crippen LogP contribution >= 0.6 is 0 Å². The molecule has 1 aromatic carbocycles. The molecule has 194 valence electrons. The van der Waals surface area contributed by atoms with Gasteiger partial charge >= 0.3 is 0 Å². The smallest absolute Gasteiger partial charge is 0.213 e. The molecule has 4 heterocycles. The Labute approximate surface area is 217 Å². The number of likely N-dealkylation sites (N-methyl/N-ethyl adjacent to an activating group) is 1. The zero-order valence-electron chi connectivity index (χ0n) is 21.4. The molecule has 2 aliphatic rings. The highest BCUT2D eigenvalue weighted by Gasteiger charge is 2.41. The standard InChI is InChI=1S/C30H34F2N4O/c1-22(29(23-7-4-3-5-8-23)25-9-10-27(31)33-20-25)35(2)14-6-15-36-16-12-30(13-17-36)26-21-34-28(32)19-24(26)11-18-37-30/h3-5,7-10,19-21,29H,1,6,11-18H2,2H3.